The topological polar surface area (TPSA) is 58.6 Å². The third-order valence-corrected chi connectivity index (χ3v) is 2.56. The van der Waals surface area contributed by atoms with Gasteiger partial charge >= 0.3 is 0 Å². The number of ether oxygens (including phenoxy) is 1. The lowest BCUT2D eigenvalue weighted by Crippen LogP contribution is -2.50. The number of hydrogen-bond acceptors (Lipinski definition) is 3. The van der Waals surface area contributed by atoms with Gasteiger partial charge in [-0.1, -0.05) is 17.7 Å². The highest BCUT2D eigenvalue weighted by atomic mass is 16.5. The first-order valence-corrected chi connectivity index (χ1v) is 6.00. The summed E-state index contributed by atoms with van der Waals surface area (Å²) in [6.45, 7) is 7.06. The van der Waals surface area contributed by atoms with Crippen LogP contribution in [0.15, 0.2) is 24.3 Å². The Bertz CT molecular complexity index is 398. The fourth-order valence-corrected chi connectivity index (χ4v) is 1.35. The van der Waals surface area contributed by atoms with Crippen molar-refractivity contribution in [1.82, 2.24) is 5.32 Å². The van der Waals surface area contributed by atoms with Crippen LogP contribution < -0.4 is 10.1 Å². The second kappa shape index (κ2) is 5.87. The van der Waals surface area contributed by atoms with Crippen LogP contribution in [0.5, 0.6) is 5.75 Å². The summed E-state index contributed by atoms with van der Waals surface area (Å²) in [6.07, 6.45) is -0.599. The van der Waals surface area contributed by atoms with E-state index in [9.17, 15) is 4.79 Å². The average Bonchev–Trinajstić information content (AvgIpc) is 2.31. The molecule has 0 saturated carbocycles. The molecule has 100 valence electrons. The third kappa shape index (κ3) is 4.37. The van der Waals surface area contributed by atoms with E-state index in [4.69, 9.17) is 9.84 Å². The Morgan fingerprint density at radius 2 is 1.94 bits per heavy atom. The molecule has 0 radical (unpaired) electrons. The van der Waals surface area contributed by atoms with Crippen LogP contribution in [0.4, 0.5) is 0 Å². The lowest BCUT2D eigenvalue weighted by Gasteiger charge is -2.25. The highest BCUT2D eigenvalue weighted by Gasteiger charge is 2.23. The van der Waals surface area contributed by atoms with Gasteiger partial charge in [-0.05, 0) is 39.8 Å². The van der Waals surface area contributed by atoms with Crippen molar-refractivity contribution in [3.8, 4) is 5.75 Å². The standard InChI is InChI=1S/C14H21NO3/c1-10-5-7-12(8-6-10)18-11(2)13(17)15-14(3,4)9-16/h5-8,11,16H,9H2,1-4H3,(H,15,17). The summed E-state index contributed by atoms with van der Waals surface area (Å²) in [7, 11) is 0. The van der Waals surface area contributed by atoms with Crippen molar-refractivity contribution >= 4 is 5.91 Å². The predicted molar refractivity (Wildman–Crippen MR) is 70.6 cm³/mol. The first-order valence-electron chi connectivity index (χ1n) is 6.00. The van der Waals surface area contributed by atoms with E-state index < -0.39 is 11.6 Å². The van der Waals surface area contributed by atoms with Gasteiger partial charge in [0.25, 0.3) is 5.91 Å². The summed E-state index contributed by atoms with van der Waals surface area (Å²) in [5.74, 6) is 0.416. The molecule has 2 N–H and O–H groups in total. The Hall–Kier alpha value is -1.55. The SMILES string of the molecule is Cc1ccc(OC(C)C(=O)NC(C)(C)CO)cc1. The highest BCUT2D eigenvalue weighted by molar-refractivity contribution is 5.81. The quantitative estimate of drug-likeness (QED) is 0.836. The normalized spacial score (nSPS) is 12.9. The van der Waals surface area contributed by atoms with Crippen molar-refractivity contribution < 1.29 is 14.6 Å². The second-order valence-corrected chi connectivity index (χ2v) is 5.10. The molecule has 1 rings (SSSR count). The van der Waals surface area contributed by atoms with Gasteiger partial charge < -0.3 is 15.2 Å². The van der Waals surface area contributed by atoms with Crippen LogP contribution in [-0.2, 0) is 4.79 Å². The number of benzene rings is 1. The van der Waals surface area contributed by atoms with Crippen LogP contribution in [0.25, 0.3) is 0 Å². The van der Waals surface area contributed by atoms with Crippen LogP contribution in [-0.4, -0.2) is 29.3 Å². The van der Waals surface area contributed by atoms with Crippen LogP contribution in [0.3, 0.4) is 0 Å². The summed E-state index contributed by atoms with van der Waals surface area (Å²) in [5.41, 5.74) is 0.503. The van der Waals surface area contributed by atoms with Crippen LogP contribution in [0, 0.1) is 6.92 Å². The lowest BCUT2D eigenvalue weighted by molar-refractivity contribution is -0.129. The molecule has 1 aromatic carbocycles. The predicted octanol–water partition coefficient (Wildman–Crippen LogP) is 1.65. The van der Waals surface area contributed by atoms with E-state index >= 15 is 0 Å². The lowest BCUT2D eigenvalue weighted by atomic mass is 10.1. The number of carbonyl (C=O) groups excluding carboxylic acids is 1. The molecule has 1 amide bonds. The fraction of sp³-hybridized carbons (Fsp3) is 0.500. The summed E-state index contributed by atoms with van der Waals surface area (Å²) in [6, 6.07) is 7.52. The zero-order valence-electron chi connectivity index (χ0n) is 11.4. The average molecular weight is 251 g/mol. The largest absolute Gasteiger partial charge is 0.481 e. The van der Waals surface area contributed by atoms with Gasteiger partial charge in [0.15, 0.2) is 6.10 Å². The van der Waals surface area contributed by atoms with Gasteiger partial charge in [0.05, 0.1) is 12.1 Å². The molecule has 1 unspecified atom stereocenters. The molecule has 4 nitrogen and oxygen atoms in total. The fourth-order valence-electron chi connectivity index (χ4n) is 1.35. The van der Waals surface area contributed by atoms with E-state index in [0.717, 1.165) is 5.56 Å². The zero-order valence-corrected chi connectivity index (χ0v) is 11.4. The Morgan fingerprint density at radius 3 is 2.44 bits per heavy atom. The molecular weight excluding hydrogens is 230 g/mol. The first-order chi connectivity index (χ1) is 8.34. The molecule has 0 aromatic heterocycles. The molecule has 0 saturated heterocycles. The number of rotatable bonds is 5. The molecule has 0 aliphatic carbocycles. The first kappa shape index (κ1) is 14.5. The minimum atomic E-state index is -0.637. The molecule has 1 atom stereocenters. The number of aliphatic hydroxyl groups excluding tert-OH is 1. The molecule has 1 aromatic rings. The maximum absolute atomic E-state index is 11.8. The van der Waals surface area contributed by atoms with Crippen LogP contribution >= 0.6 is 0 Å². The Balaban J connectivity index is 2.57. The minimum absolute atomic E-state index is 0.115. The maximum atomic E-state index is 11.8. The van der Waals surface area contributed by atoms with Crippen molar-refractivity contribution in [3.05, 3.63) is 29.8 Å². The number of nitrogens with one attached hydrogen (secondary N) is 1. The number of aliphatic hydroxyl groups is 1. The Kier molecular flexibility index (Phi) is 4.73. The van der Waals surface area contributed by atoms with Gasteiger partial charge in [-0.3, -0.25) is 4.79 Å². The molecule has 0 aliphatic heterocycles. The van der Waals surface area contributed by atoms with Crippen molar-refractivity contribution in [2.75, 3.05) is 6.61 Å². The number of amides is 1. The van der Waals surface area contributed by atoms with E-state index in [0.29, 0.717) is 5.75 Å². The smallest absolute Gasteiger partial charge is 0.261 e. The summed E-state index contributed by atoms with van der Waals surface area (Å²) in [5, 5.41) is 11.8. The Labute approximate surface area is 108 Å². The molecular formula is C14H21NO3. The Morgan fingerprint density at radius 1 is 1.39 bits per heavy atom. The van der Waals surface area contributed by atoms with Crippen molar-refractivity contribution in [2.24, 2.45) is 0 Å². The number of carbonyl (C=O) groups is 1. The van der Waals surface area contributed by atoms with Crippen LogP contribution in [0.2, 0.25) is 0 Å². The van der Waals surface area contributed by atoms with Crippen molar-refractivity contribution in [3.63, 3.8) is 0 Å². The van der Waals surface area contributed by atoms with E-state index in [-0.39, 0.29) is 12.5 Å². The van der Waals surface area contributed by atoms with Gasteiger partial charge in [0, 0.05) is 0 Å². The maximum Gasteiger partial charge on any atom is 0.261 e. The third-order valence-electron chi connectivity index (χ3n) is 2.56. The summed E-state index contributed by atoms with van der Waals surface area (Å²) >= 11 is 0. The number of hydrogen-bond donors (Lipinski definition) is 2. The van der Waals surface area contributed by atoms with E-state index in [1.807, 2.05) is 31.2 Å². The van der Waals surface area contributed by atoms with Crippen molar-refractivity contribution in [1.29, 1.82) is 0 Å². The van der Waals surface area contributed by atoms with Crippen LogP contribution in [0.1, 0.15) is 26.3 Å². The monoisotopic (exact) mass is 251 g/mol. The zero-order chi connectivity index (χ0) is 13.8. The van der Waals surface area contributed by atoms with Crippen molar-refractivity contribution in [2.45, 2.75) is 39.3 Å². The van der Waals surface area contributed by atoms with Gasteiger partial charge in [0.2, 0.25) is 0 Å². The highest BCUT2D eigenvalue weighted by Crippen LogP contribution is 2.13. The molecule has 0 fully saturated rings. The molecule has 0 spiro atoms. The summed E-state index contributed by atoms with van der Waals surface area (Å²) < 4.78 is 5.53. The van der Waals surface area contributed by atoms with Gasteiger partial charge in [-0.25, -0.2) is 0 Å². The number of aryl methyl sites for hydroxylation is 1. The summed E-state index contributed by atoms with van der Waals surface area (Å²) in [4.78, 5) is 11.8. The molecule has 0 bridgehead atoms. The van der Waals surface area contributed by atoms with E-state index in [2.05, 4.69) is 5.32 Å². The molecule has 18 heavy (non-hydrogen) atoms. The van der Waals surface area contributed by atoms with E-state index in [1.54, 1.807) is 20.8 Å². The van der Waals surface area contributed by atoms with Gasteiger partial charge in [-0.2, -0.15) is 0 Å². The molecule has 0 heterocycles. The van der Waals surface area contributed by atoms with Gasteiger partial charge in [0.1, 0.15) is 5.75 Å². The molecule has 4 heteroatoms. The molecule has 0 aliphatic rings. The van der Waals surface area contributed by atoms with E-state index in [1.165, 1.54) is 0 Å². The second-order valence-electron chi connectivity index (χ2n) is 5.10. The minimum Gasteiger partial charge on any atom is -0.481 e. The van der Waals surface area contributed by atoms with Gasteiger partial charge in [-0.15, -0.1) is 0 Å².